The van der Waals surface area contributed by atoms with Crippen LogP contribution in [0.4, 0.5) is 0 Å². The Morgan fingerprint density at radius 1 is 1.15 bits per heavy atom. The van der Waals surface area contributed by atoms with Gasteiger partial charge in [-0.25, -0.2) is 0 Å². The summed E-state index contributed by atoms with van der Waals surface area (Å²) < 4.78 is 5.77. The molecule has 7 heteroatoms. The van der Waals surface area contributed by atoms with Crippen LogP contribution in [0.2, 0.25) is 0 Å². The van der Waals surface area contributed by atoms with Gasteiger partial charge in [-0.1, -0.05) is 55.3 Å². The number of carbonyl (C=O) groups is 3. The van der Waals surface area contributed by atoms with Gasteiger partial charge in [0.05, 0.1) is 24.0 Å². The topological polar surface area (TPSA) is 105 Å². The summed E-state index contributed by atoms with van der Waals surface area (Å²) in [5, 5.41) is 15.1. The van der Waals surface area contributed by atoms with Crippen LogP contribution in [0.3, 0.4) is 0 Å². The summed E-state index contributed by atoms with van der Waals surface area (Å²) in [5.41, 5.74) is 0.511. The molecule has 2 aliphatic rings. The molecule has 1 aromatic rings. The van der Waals surface area contributed by atoms with Gasteiger partial charge in [0, 0.05) is 12.5 Å². The Morgan fingerprint density at radius 2 is 1.82 bits per heavy atom. The third kappa shape index (κ3) is 7.42. The number of aliphatic hydroxyl groups is 1. The first-order chi connectivity index (χ1) is 15.9. The predicted molar refractivity (Wildman–Crippen MR) is 125 cm³/mol. The molecule has 33 heavy (non-hydrogen) atoms. The van der Waals surface area contributed by atoms with E-state index in [1.165, 1.54) is 0 Å². The molecule has 0 radical (unpaired) electrons. The van der Waals surface area contributed by atoms with Crippen molar-refractivity contribution in [2.75, 3.05) is 13.2 Å². The zero-order chi connectivity index (χ0) is 23.7. The molecule has 1 saturated carbocycles. The molecule has 0 saturated heterocycles. The Hall–Kier alpha value is -2.67. The Bertz CT molecular complexity index is 832. The predicted octanol–water partition coefficient (Wildman–Crippen LogP) is 2.67. The Labute approximate surface area is 196 Å². The van der Waals surface area contributed by atoms with E-state index in [0.717, 1.165) is 31.2 Å². The van der Waals surface area contributed by atoms with E-state index in [2.05, 4.69) is 10.6 Å². The van der Waals surface area contributed by atoms with Crippen LogP contribution in [0.5, 0.6) is 0 Å². The van der Waals surface area contributed by atoms with Gasteiger partial charge in [0.25, 0.3) is 0 Å². The fourth-order valence-corrected chi connectivity index (χ4v) is 4.62. The van der Waals surface area contributed by atoms with Gasteiger partial charge in [0.2, 0.25) is 11.8 Å². The van der Waals surface area contributed by atoms with Crippen molar-refractivity contribution in [1.29, 1.82) is 0 Å². The van der Waals surface area contributed by atoms with Crippen LogP contribution in [0.25, 0.3) is 0 Å². The lowest BCUT2D eigenvalue weighted by molar-refractivity contribution is -0.152. The van der Waals surface area contributed by atoms with E-state index >= 15 is 0 Å². The van der Waals surface area contributed by atoms with E-state index in [4.69, 9.17) is 4.74 Å². The minimum atomic E-state index is -0.569. The molecule has 1 fully saturated rings. The van der Waals surface area contributed by atoms with E-state index in [1.807, 2.05) is 42.5 Å². The highest BCUT2D eigenvalue weighted by molar-refractivity contribution is 5.86. The minimum absolute atomic E-state index is 0.0455. The largest absolute Gasteiger partial charge is 0.463 e. The summed E-state index contributed by atoms with van der Waals surface area (Å²) in [6, 6.07) is 9.53. The second-order valence-electron chi connectivity index (χ2n) is 9.47. The number of rotatable bonds is 6. The molecule has 2 amide bonds. The zero-order valence-electron chi connectivity index (χ0n) is 19.4. The molecule has 1 aliphatic carbocycles. The van der Waals surface area contributed by atoms with E-state index in [9.17, 15) is 19.5 Å². The number of hydrogen-bond donors (Lipinski definition) is 3. The van der Waals surface area contributed by atoms with E-state index in [0.29, 0.717) is 19.3 Å². The van der Waals surface area contributed by atoms with Crippen molar-refractivity contribution in [3.8, 4) is 0 Å². The molecule has 3 atom stereocenters. The molecule has 3 N–H and O–H groups in total. The summed E-state index contributed by atoms with van der Waals surface area (Å²) in [6.07, 6.45) is 8.81. The quantitative estimate of drug-likeness (QED) is 0.451. The Balaban J connectivity index is 1.77. The number of carbonyl (C=O) groups excluding carboxylic acids is 3. The van der Waals surface area contributed by atoms with Crippen molar-refractivity contribution in [2.24, 2.45) is 11.8 Å². The number of nitrogens with one attached hydrogen (secondary N) is 2. The number of aliphatic hydroxyl groups excluding tert-OH is 1. The first kappa shape index (κ1) is 25.0. The first-order valence-electron chi connectivity index (χ1n) is 12.0. The van der Waals surface area contributed by atoms with Gasteiger partial charge in [-0.3, -0.25) is 14.4 Å². The van der Waals surface area contributed by atoms with Crippen LogP contribution < -0.4 is 10.6 Å². The minimum Gasteiger partial charge on any atom is -0.463 e. The zero-order valence-corrected chi connectivity index (χ0v) is 19.4. The smallest absolute Gasteiger partial charge is 0.309 e. The van der Waals surface area contributed by atoms with E-state index < -0.39 is 11.5 Å². The lowest BCUT2D eigenvalue weighted by atomic mass is 9.92. The van der Waals surface area contributed by atoms with E-state index in [-0.39, 0.29) is 49.4 Å². The van der Waals surface area contributed by atoms with Crippen LogP contribution in [0.15, 0.2) is 42.5 Å². The number of amides is 2. The van der Waals surface area contributed by atoms with Gasteiger partial charge in [-0.15, -0.1) is 0 Å². The number of hydrogen-bond acceptors (Lipinski definition) is 5. The fraction of sp³-hybridized carbons (Fsp3) is 0.577. The summed E-state index contributed by atoms with van der Waals surface area (Å²) in [6.45, 7) is 1.72. The molecule has 7 nitrogen and oxygen atoms in total. The number of cyclic esters (lactones) is 1. The molecule has 1 spiro atoms. The molecule has 0 bridgehead atoms. The van der Waals surface area contributed by atoms with Crippen LogP contribution in [0.1, 0.15) is 57.4 Å². The maximum absolute atomic E-state index is 13.2. The van der Waals surface area contributed by atoms with Crippen molar-refractivity contribution in [3.05, 3.63) is 48.0 Å². The average molecular weight is 457 g/mol. The fourth-order valence-electron chi connectivity index (χ4n) is 4.62. The van der Waals surface area contributed by atoms with E-state index in [1.54, 1.807) is 6.92 Å². The molecular formula is C26H36N2O5. The van der Waals surface area contributed by atoms with Crippen molar-refractivity contribution >= 4 is 17.8 Å². The van der Waals surface area contributed by atoms with Crippen LogP contribution >= 0.6 is 0 Å². The second-order valence-corrected chi connectivity index (χ2v) is 9.47. The van der Waals surface area contributed by atoms with Gasteiger partial charge in [-0.2, -0.15) is 0 Å². The Kier molecular flexibility index (Phi) is 9.06. The van der Waals surface area contributed by atoms with Gasteiger partial charge in [0.15, 0.2) is 0 Å². The number of benzene rings is 1. The van der Waals surface area contributed by atoms with Crippen LogP contribution in [-0.4, -0.2) is 47.7 Å². The maximum atomic E-state index is 13.2. The SMILES string of the molecule is C[C@H](CO)NC(=O)C[C@H]1CC=CC[C@H](Cc2ccccc2)C(=O)OCC2(CCCC2)NC1=O. The summed E-state index contributed by atoms with van der Waals surface area (Å²) >= 11 is 0. The third-order valence-corrected chi connectivity index (χ3v) is 6.59. The maximum Gasteiger partial charge on any atom is 0.309 e. The van der Waals surface area contributed by atoms with Gasteiger partial charge < -0.3 is 20.5 Å². The first-order valence-corrected chi connectivity index (χ1v) is 12.0. The lowest BCUT2D eigenvalue weighted by Gasteiger charge is -2.32. The lowest BCUT2D eigenvalue weighted by Crippen LogP contribution is -2.53. The van der Waals surface area contributed by atoms with Gasteiger partial charge >= 0.3 is 5.97 Å². The van der Waals surface area contributed by atoms with Crippen LogP contribution in [-0.2, 0) is 25.5 Å². The monoisotopic (exact) mass is 456 g/mol. The highest BCUT2D eigenvalue weighted by Gasteiger charge is 2.39. The molecule has 0 unspecified atom stereocenters. The van der Waals surface area contributed by atoms with Gasteiger partial charge in [-0.05, 0) is 44.6 Å². The normalized spacial score (nSPS) is 24.3. The second kappa shape index (κ2) is 12.0. The molecule has 1 aliphatic heterocycles. The third-order valence-electron chi connectivity index (χ3n) is 6.59. The van der Waals surface area contributed by atoms with Crippen molar-refractivity contribution in [2.45, 2.75) is 69.9 Å². The number of allylic oxidation sites excluding steroid dienone is 2. The van der Waals surface area contributed by atoms with Gasteiger partial charge in [0.1, 0.15) is 6.61 Å². The number of esters is 1. The molecule has 0 aromatic heterocycles. The highest BCUT2D eigenvalue weighted by atomic mass is 16.5. The highest BCUT2D eigenvalue weighted by Crippen LogP contribution is 2.31. The molecule has 1 aromatic carbocycles. The number of ether oxygens (including phenoxy) is 1. The average Bonchev–Trinajstić information content (AvgIpc) is 3.27. The summed E-state index contributed by atoms with van der Waals surface area (Å²) in [4.78, 5) is 38.5. The Morgan fingerprint density at radius 3 is 2.48 bits per heavy atom. The molecule has 3 rings (SSSR count). The van der Waals surface area contributed by atoms with Crippen molar-refractivity contribution in [3.63, 3.8) is 0 Å². The summed E-state index contributed by atoms with van der Waals surface area (Å²) in [7, 11) is 0. The van der Waals surface area contributed by atoms with Crippen molar-refractivity contribution in [1.82, 2.24) is 10.6 Å². The molecular weight excluding hydrogens is 420 g/mol. The molecule has 1 heterocycles. The standard InChI is InChI=1S/C26H36N2O5/c1-19(17-29)27-23(30)16-21-11-5-6-12-22(15-20-9-3-2-4-10-20)25(32)33-18-26(28-24(21)31)13-7-8-14-26/h2-6,9-10,19,21-22,29H,7-8,11-18H2,1H3,(H,27,30)(H,28,31)/t19-,21-,22-/m1/s1. The van der Waals surface area contributed by atoms with Crippen molar-refractivity contribution < 1.29 is 24.2 Å². The van der Waals surface area contributed by atoms with Crippen LogP contribution in [0, 0.1) is 11.8 Å². The summed E-state index contributed by atoms with van der Waals surface area (Å²) in [5.74, 6) is -1.51. The molecule has 180 valence electrons.